The Morgan fingerprint density at radius 2 is 1.82 bits per heavy atom. The summed E-state index contributed by atoms with van der Waals surface area (Å²) in [6, 6.07) is 21.9. The molecule has 0 spiro atoms. The molecule has 5 rings (SSSR count). The van der Waals surface area contributed by atoms with Gasteiger partial charge in [-0.25, -0.2) is 0 Å². The maximum absolute atomic E-state index is 13.1. The smallest absolute Gasteiger partial charge is 0.254 e. The van der Waals surface area contributed by atoms with Gasteiger partial charge in [-0.15, -0.1) is 0 Å². The van der Waals surface area contributed by atoms with Crippen LogP contribution in [0.1, 0.15) is 32.6 Å². The highest BCUT2D eigenvalue weighted by atomic mass is 32.2. The predicted octanol–water partition coefficient (Wildman–Crippen LogP) is 4.86. The van der Waals surface area contributed by atoms with E-state index in [1.165, 1.54) is 22.3 Å². The number of carbonyl (C=O) groups is 2. The van der Waals surface area contributed by atoms with Crippen LogP contribution in [0.3, 0.4) is 0 Å². The fourth-order valence-electron chi connectivity index (χ4n) is 4.41. The molecule has 1 unspecified atom stereocenters. The third-order valence-corrected chi connectivity index (χ3v) is 7.48. The van der Waals surface area contributed by atoms with Crippen LogP contribution in [0, 0.1) is 6.92 Å². The summed E-state index contributed by atoms with van der Waals surface area (Å²) in [6.07, 6.45) is 0.868. The Labute approximate surface area is 198 Å². The fourth-order valence-corrected chi connectivity index (χ4v) is 5.54. The summed E-state index contributed by atoms with van der Waals surface area (Å²) in [5, 5.41) is 6.35. The molecule has 0 aromatic heterocycles. The number of nitrogens with zero attached hydrogens (tertiary/aromatic N) is 1. The van der Waals surface area contributed by atoms with Gasteiger partial charge in [0, 0.05) is 30.2 Å². The first-order valence-electron chi connectivity index (χ1n) is 11.3. The van der Waals surface area contributed by atoms with E-state index in [1.54, 1.807) is 17.8 Å². The molecule has 2 heterocycles. The van der Waals surface area contributed by atoms with Crippen LogP contribution in [0.15, 0.2) is 66.7 Å². The monoisotopic (exact) mass is 457 g/mol. The second-order valence-corrected chi connectivity index (χ2v) is 9.66. The van der Waals surface area contributed by atoms with Crippen molar-refractivity contribution in [3.63, 3.8) is 0 Å². The highest BCUT2D eigenvalue weighted by molar-refractivity contribution is 7.98. The third kappa shape index (κ3) is 4.62. The lowest BCUT2D eigenvalue weighted by Gasteiger charge is -2.30. The highest BCUT2D eigenvalue weighted by Gasteiger charge is 2.27. The van der Waals surface area contributed by atoms with Crippen molar-refractivity contribution in [2.24, 2.45) is 0 Å². The summed E-state index contributed by atoms with van der Waals surface area (Å²) >= 11 is 1.74. The van der Waals surface area contributed by atoms with E-state index in [4.69, 9.17) is 0 Å². The van der Waals surface area contributed by atoms with Gasteiger partial charge in [0.2, 0.25) is 5.91 Å². The molecule has 6 heteroatoms. The summed E-state index contributed by atoms with van der Waals surface area (Å²) < 4.78 is 0. The number of carbonyl (C=O) groups excluding carboxylic acids is 2. The van der Waals surface area contributed by atoms with Crippen LogP contribution < -0.4 is 10.6 Å². The number of amides is 2. The molecule has 2 N–H and O–H groups in total. The van der Waals surface area contributed by atoms with Crippen LogP contribution in [0.4, 0.5) is 11.4 Å². The lowest BCUT2D eigenvalue weighted by Crippen LogP contribution is -2.41. The summed E-state index contributed by atoms with van der Waals surface area (Å²) in [7, 11) is 0. The zero-order valence-electron chi connectivity index (χ0n) is 18.6. The van der Waals surface area contributed by atoms with Gasteiger partial charge in [0.15, 0.2) is 0 Å². The molecule has 2 aliphatic rings. The van der Waals surface area contributed by atoms with Crippen LogP contribution in [-0.4, -0.2) is 35.1 Å². The number of hydrogen-bond acceptors (Lipinski definition) is 4. The first-order valence-corrected chi connectivity index (χ1v) is 12.4. The molecule has 1 atom stereocenters. The van der Waals surface area contributed by atoms with E-state index < -0.39 is 0 Å². The molecular formula is C27H27N3O2S. The molecule has 3 aromatic rings. The predicted molar refractivity (Wildman–Crippen MR) is 135 cm³/mol. The first kappa shape index (κ1) is 21.6. The number of nitrogens with one attached hydrogen (secondary N) is 2. The standard InChI is InChI=1S/C27H27N3O2S/c1-18-6-2-3-9-22(18)16-33-17-25-26(31)29-24-14-20(10-11-23(24)28-25)27(32)30-13-12-19-7-4-5-8-21(19)15-30/h2-11,14,25,28H,12-13,15-17H2,1H3,(H,29,31). The molecule has 5 nitrogen and oxygen atoms in total. The Morgan fingerprint density at radius 3 is 2.67 bits per heavy atom. The molecule has 33 heavy (non-hydrogen) atoms. The Kier molecular flexibility index (Phi) is 6.09. The SMILES string of the molecule is Cc1ccccc1CSCC1Nc2ccc(C(=O)N3CCc4ccccc4C3)cc2NC1=O. The Hall–Kier alpha value is -3.25. The Balaban J connectivity index is 1.23. The molecule has 0 saturated carbocycles. The van der Waals surface area contributed by atoms with E-state index in [-0.39, 0.29) is 17.9 Å². The molecule has 0 fully saturated rings. The first-order chi connectivity index (χ1) is 16.1. The van der Waals surface area contributed by atoms with Crippen molar-refractivity contribution in [1.29, 1.82) is 0 Å². The largest absolute Gasteiger partial charge is 0.371 e. The molecular weight excluding hydrogens is 430 g/mol. The maximum atomic E-state index is 13.1. The van der Waals surface area contributed by atoms with Crippen LogP contribution in [0.25, 0.3) is 0 Å². The van der Waals surface area contributed by atoms with E-state index in [1.807, 2.05) is 41.3 Å². The van der Waals surface area contributed by atoms with Gasteiger partial charge in [-0.1, -0.05) is 48.5 Å². The number of benzene rings is 3. The summed E-state index contributed by atoms with van der Waals surface area (Å²) in [4.78, 5) is 27.7. The van der Waals surface area contributed by atoms with Gasteiger partial charge < -0.3 is 15.5 Å². The van der Waals surface area contributed by atoms with Gasteiger partial charge in [-0.3, -0.25) is 9.59 Å². The van der Waals surface area contributed by atoms with Gasteiger partial charge in [0.25, 0.3) is 5.91 Å². The van der Waals surface area contributed by atoms with Gasteiger partial charge in [-0.05, 0) is 53.8 Å². The minimum absolute atomic E-state index is 0.00235. The van der Waals surface area contributed by atoms with Crippen molar-refractivity contribution in [1.82, 2.24) is 4.90 Å². The number of rotatable bonds is 5. The minimum Gasteiger partial charge on any atom is -0.371 e. The number of hydrogen-bond donors (Lipinski definition) is 2. The lowest BCUT2D eigenvalue weighted by atomic mass is 9.99. The molecule has 0 radical (unpaired) electrons. The van der Waals surface area contributed by atoms with Crippen molar-refractivity contribution >= 4 is 35.0 Å². The lowest BCUT2D eigenvalue weighted by molar-refractivity contribution is -0.116. The van der Waals surface area contributed by atoms with Crippen LogP contribution >= 0.6 is 11.8 Å². The zero-order chi connectivity index (χ0) is 22.8. The summed E-state index contributed by atoms with van der Waals surface area (Å²) in [5.74, 6) is 1.49. The second-order valence-electron chi connectivity index (χ2n) is 8.63. The number of thioether (sulfide) groups is 1. The second kappa shape index (κ2) is 9.32. The number of aryl methyl sites for hydroxylation is 1. The molecule has 0 aliphatic carbocycles. The van der Waals surface area contributed by atoms with Gasteiger partial charge in [0.1, 0.15) is 6.04 Å². The van der Waals surface area contributed by atoms with Gasteiger partial charge >= 0.3 is 0 Å². The number of fused-ring (bicyclic) bond motifs is 2. The molecule has 0 bridgehead atoms. The van der Waals surface area contributed by atoms with Crippen molar-refractivity contribution in [3.8, 4) is 0 Å². The number of anilines is 2. The minimum atomic E-state index is -0.299. The topological polar surface area (TPSA) is 61.4 Å². The average molecular weight is 458 g/mol. The highest BCUT2D eigenvalue weighted by Crippen LogP contribution is 2.30. The average Bonchev–Trinajstić information content (AvgIpc) is 2.84. The van der Waals surface area contributed by atoms with Crippen LogP contribution in [0.2, 0.25) is 0 Å². The molecule has 2 amide bonds. The van der Waals surface area contributed by atoms with E-state index in [2.05, 4.69) is 41.8 Å². The molecule has 3 aromatic carbocycles. The molecule has 168 valence electrons. The van der Waals surface area contributed by atoms with E-state index in [0.717, 1.165) is 17.9 Å². The van der Waals surface area contributed by atoms with E-state index >= 15 is 0 Å². The van der Waals surface area contributed by atoms with Crippen LogP contribution in [-0.2, 0) is 23.5 Å². The third-order valence-electron chi connectivity index (χ3n) is 6.39. The van der Waals surface area contributed by atoms with E-state index in [0.29, 0.717) is 30.1 Å². The quantitative estimate of drug-likeness (QED) is 0.574. The summed E-state index contributed by atoms with van der Waals surface area (Å²) in [5.41, 5.74) is 7.21. The van der Waals surface area contributed by atoms with E-state index in [9.17, 15) is 9.59 Å². The van der Waals surface area contributed by atoms with Crippen molar-refractivity contribution in [2.45, 2.75) is 31.7 Å². The van der Waals surface area contributed by atoms with Gasteiger partial charge in [-0.2, -0.15) is 11.8 Å². The Bertz CT molecular complexity index is 1210. The van der Waals surface area contributed by atoms with Crippen molar-refractivity contribution in [2.75, 3.05) is 22.9 Å². The van der Waals surface area contributed by atoms with Crippen molar-refractivity contribution in [3.05, 3.63) is 94.5 Å². The fraction of sp³-hybridized carbons (Fsp3) is 0.259. The Morgan fingerprint density at radius 1 is 1.03 bits per heavy atom. The zero-order valence-corrected chi connectivity index (χ0v) is 19.5. The molecule has 2 aliphatic heterocycles. The van der Waals surface area contributed by atoms with Gasteiger partial charge in [0.05, 0.1) is 11.4 Å². The van der Waals surface area contributed by atoms with Crippen molar-refractivity contribution < 1.29 is 9.59 Å². The normalized spacial score (nSPS) is 16.9. The maximum Gasteiger partial charge on any atom is 0.254 e. The van der Waals surface area contributed by atoms with Crippen LogP contribution in [0.5, 0.6) is 0 Å². The molecule has 0 saturated heterocycles. The summed E-state index contributed by atoms with van der Waals surface area (Å²) in [6.45, 7) is 3.44.